The highest BCUT2D eigenvalue weighted by Crippen LogP contribution is 2.03. The van der Waals surface area contributed by atoms with Crippen LogP contribution in [0.1, 0.15) is 21.0 Å². The fraction of sp³-hybridized carbons (Fsp3) is 0.167. The van der Waals surface area contributed by atoms with Crippen LogP contribution in [-0.4, -0.2) is 55.9 Å². The van der Waals surface area contributed by atoms with Crippen LogP contribution in [0.4, 0.5) is 0 Å². The van der Waals surface area contributed by atoms with E-state index in [4.69, 9.17) is 28.3 Å². The summed E-state index contributed by atoms with van der Waals surface area (Å²) in [6, 6.07) is 0. The van der Waals surface area contributed by atoms with Gasteiger partial charge in [-0.3, -0.25) is 14.8 Å². The molecule has 0 radical (unpaired) electrons. The lowest BCUT2D eigenvalue weighted by atomic mass is 10.4. The molecule has 1 N–H and O–H groups in total. The number of aromatic nitrogens is 4. The van der Waals surface area contributed by atoms with Crippen LogP contribution in [-0.2, 0) is 0 Å². The lowest BCUT2D eigenvalue weighted by molar-refractivity contribution is 0.0689. The smallest absolute Gasteiger partial charge is 0.356 e. The van der Waals surface area contributed by atoms with Gasteiger partial charge in [0.15, 0.2) is 5.69 Å². The zero-order valence-electron chi connectivity index (χ0n) is 11.6. The van der Waals surface area contributed by atoms with Crippen molar-refractivity contribution in [2.24, 2.45) is 0 Å². The molecule has 0 fully saturated rings. The summed E-state index contributed by atoms with van der Waals surface area (Å²) >= 11 is 10.9. The molecule has 2 aromatic heterocycles. The lowest BCUT2D eigenvalue weighted by Gasteiger charge is -2.08. The second-order valence-corrected chi connectivity index (χ2v) is 4.73. The van der Waals surface area contributed by atoms with Crippen molar-refractivity contribution < 1.29 is 14.7 Å². The van der Waals surface area contributed by atoms with Gasteiger partial charge in [0, 0.05) is 14.1 Å². The van der Waals surface area contributed by atoms with Crippen LogP contribution in [0.2, 0.25) is 10.3 Å². The first-order chi connectivity index (χ1) is 10.3. The molecule has 2 heterocycles. The van der Waals surface area contributed by atoms with E-state index in [1.807, 2.05) is 0 Å². The van der Waals surface area contributed by atoms with E-state index >= 15 is 0 Å². The van der Waals surface area contributed by atoms with Crippen molar-refractivity contribution in [1.29, 1.82) is 0 Å². The number of carboxylic acids is 1. The summed E-state index contributed by atoms with van der Waals surface area (Å²) in [6.07, 6.45) is 5.17. The highest BCUT2D eigenvalue weighted by molar-refractivity contribution is 6.29. The summed E-state index contributed by atoms with van der Waals surface area (Å²) < 4.78 is 0. The van der Waals surface area contributed by atoms with Gasteiger partial charge in [-0.2, -0.15) is 0 Å². The standard InChI is InChI=1S/C7H8ClN3O.C5H3ClN2O2/c1-11(2)7(12)5-3-9-4-6(8)10-5;6-4-2-7-1-3(8-4)5(9)10/h3-4H,1-2H3;1-2H,(H,9,10). The van der Waals surface area contributed by atoms with Crippen molar-refractivity contribution in [2.45, 2.75) is 0 Å². The summed E-state index contributed by atoms with van der Waals surface area (Å²) in [5.41, 5.74) is 0.111. The van der Waals surface area contributed by atoms with Crippen molar-refractivity contribution in [3.05, 3.63) is 46.5 Å². The predicted octanol–water partition coefficient (Wildman–Crippen LogP) is 1.66. The quantitative estimate of drug-likeness (QED) is 0.882. The molecule has 0 saturated carbocycles. The molecule has 0 atom stereocenters. The third-order valence-electron chi connectivity index (χ3n) is 2.05. The Hall–Kier alpha value is -2.32. The Morgan fingerprint density at radius 1 is 0.955 bits per heavy atom. The van der Waals surface area contributed by atoms with Crippen LogP contribution < -0.4 is 0 Å². The minimum absolute atomic E-state index is 0.0832. The van der Waals surface area contributed by atoms with Crippen LogP contribution in [0.25, 0.3) is 0 Å². The first-order valence-electron chi connectivity index (χ1n) is 5.71. The summed E-state index contributed by atoms with van der Waals surface area (Å²) in [5.74, 6) is -1.33. The van der Waals surface area contributed by atoms with E-state index < -0.39 is 5.97 Å². The van der Waals surface area contributed by atoms with E-state index in [-0.39, 0.29) is 27.6 Å². The van der Waals surface area contributed by atoms with Crippen LogP contribution >= 0.6 is 23.2 Å². The Morgan fingerprint density at radius 3 is 1.77 bits per heavy atom. The highest BCUT2D eigenvalue weighted by atomic mass is 35.5. The van der Waals surface area contributed by atoms with Crippen LogP contribution in [0.5, 0.6) is 0 Å². The maximum absolute atomic E-state index is 11.3. The topological polar surface area (TPSA) is 109 Å². The molecule has 0 aliphatic rings. The number of carbonyl (C=O) groups is 2. The fourth-order valence-electron chi connectivity index (χ4n) is 1.12. The van der Waals surface area contributed by atoms with Gasteiger partial charge in [0.2, 0.25) is 0 Å². The second kappa shape index (κ2) is 8.20. The second-order valence-electron chi connectivity index (χ2n) is 3.96. The van der Waals surface area contributed by atoms with Gasteiger partial charge in [-0.15, -0.1) is 0 Å². The van der Waals surface area contributed by atoms with Crippen LogP contribution in [0.15, 0.2) is 24.8 Å². The zero-order chi connectivity index (χ0) is 16.7. The average molecular weight is 344 g/mol. The van der Waals surface area contributed by atoms with Crippen LogP contribution in [0.3, 0.4) is 0 Å². The molecule has 0 aliphatic carbocycles. The Morgan fingerprint density at radius 2 is 1.41 bits per heavy atom. The molecule has 2 aromatic rings. The average Bonchev–Trinajstić information content (AvgIpc) is 2.47. The summed E-state index contributed by atoms with van der Waals surface area (Å²) in [7, 11) is 3.29. The zero-order valence-corrected chi connectivity index (χ0v) is 13.1. The van der Waals surface area contributed by atoms with Crippen molar-refractivity contribution in [2.75, 3.05) is 14.1 Å². The van der Waals surface area contributed by atoms with Gasteiger partial charge in [0.1, 0.15) is 16.0 Å². The van der Waals surface area contributed by atoms with Crippen LogP contribution in [0, 0.1) is 0 Å². The Kier molecular flexibility index (Phi) is 6.61. The largest absolute Gasteiger partial charge is 0.476 e. The predicted molar refractivity (Wildman–Crippen MR) is 79.1 cm³/mol. The number of hydrogen-bond acceptors (Lipinski definition) is 6. The first kappa shape index (κ1) is 17.7. The van der Waals surface area contributed by atoms with E-state index in [9.17, 15) is 9.59 Å². The van der Waals surface area contributed by atoms with Crippen molar-refractivity contribution in [1.82, 2.24) is 24.8 Å². The van der Waals surface area contributed by atoms with Gasteiger partial charge in [0.05, 0.1) is 24.8 Å². The SMILES string of the molecule is CN(C)C(=O)c1cncc(Cl)n1.O=C(O)c1cncc(Cl)n1. The lowest BCUT2D eigenvalue weighted by Crippen LogP contribution is -2.22. The number of amides is 1. The molecule has 0 aromatic carbocycles. The van der Waals surface area contributed by atoms with E-state index in [2.05, 4.69) is 19.9 Å². The monoisotopic (exact) mass is 343 g/mol. The molecule has 1 amide bonds. The molecule has 0 aliphatic heterocycles. The molecule has 2 rings (SSSR count). The number of aromatic carboxylic acids is 1. The Balaban J connectivity index is 0.000000224. The minimum Gasteiger partial charge on any atom is -0.476 e. The van der Waals surface area contributed by atoms with E-state index in [0.29, 0.717) is 0 Å². The molecule has 0 spiro atoms. The molecule has 0 bridgehead atoms. The molecular formula is C12H11Cl2N5O3. The van der Waals surface area contributed by atoms with Gasteiger partial charge < -0.3 is 10.0 Å². The molecule has 10 heteroatoms. The summed E-state index contributed by atoms with van der Waals surface area (Å²) in [6.45, 7) is 0. The Labute approximate surface area is 135 Å². The minimum atomic E-state index is -1.13. The number of nitrogens with zero attached hydrogens (tertiary/aromatic N) is 5. The summed E-state index contributed by atoms with van der Waals surface area (Å²) in [4.78, 5) is 37.4. The molecule has 0 saturated heterocycles. The fourth-order valence-corrected chi connectivity index (χ4v) is 1.41. The normalized spacial score (nSPS) is 9.45. The number of rotatable bonds is 2. The Bertz CT molecular complexity index is 681. The van der Waals surface area contributed by atoms with Gasteiger partial charge in [-0.25, -0.2) is 14.8 Å². The number of carboxylic acid groups (broad SMARTS) is 1. The maximum atomic E-state index is 11.3. The van der Waals surface area contributed by atoms with E-state index in [1.54, 1.807) is 14.1 Å². The van der Waals surface area contributed by atoms with E-state index in [1.165, 1.54) is 23.5 Å². The first-order valence-corrected chi connectivity index (χ1v) is 6.47. The van der Waals surface area contributed by atoms with Crippen molar-refractivity contribution in [3.63, 3.8) is 0 Å². The summed E-state index contributed by atoms with van der Waals surface area (Å²) in [5, 5.41) is 8.66. The van der Waals surface area contributed by atoms with Gasteiger partial charge in [-0.1, -0.05) is 23.2 Å². The van der Waals surface area contributed by atoms with Crippen molar-refractivity contribution >= 4 is 35.1 Å². The maximum Gasteiger partial charge on any atom is 0.356 e. The molecular weight excluding hydrogens is 333 g/mol. The number of carbonyl (C=O) groups excluding carboxylic acids is 1. The number of hydrogen-bond donors (Lipinski definition) is 1. The van der Waals surface area contributed by atoms with E-state index in [0.717, 1.165) is 6.20 Å². The third kappa shape index (κ3) is 5.58. The molecule has 8 nitrogen and oxygen atoms in total. The van der Waals surface area contributed by atoms with Crippen molar-refractivity contribution in [3.8, 4) is 0 Å². The highest BCUT2D eigenvalue weighted by Gasteiger charge is 2.09. The molecule has 116 valence electrons. The van der Waals surface area contributed by atoms with Gasteiger partial charge in [0.25, 0.3) is 5.91 Å². The van der Waals surface area contributed by atoms with Gasteiger partial charge >= 0.3 is 5.97 Å². The van der Waals surface area contributed by atoms with Gasteiger partial charge in [-0.05, 0) is 0 Å². The number of halogens is 2. The molecule has 0 unspecified atom stereocenters. The third-order valence-corrected chi connectivity index (χ3v) is 2.42. The molecule has 22 heavy (non-hydrogen) atoms.